The molecule has 0 aromatic heterocycles. The van der Waals surface area contributed by atoms with Gasteiger partial charge in [-0.1, -0.05) is 0 Å². The lowest BCUT2D eigenvalue weighted by Crippen LogP contribution is -2.52. The molecule has 0 unspecified atom stereocenters. The lowest BCUT2D eigenvalue weighted by molar-refractivity contribution is -0.00684. The van der Waals surface area contributed by atoms with Crippen molar-refractivity contribution in [2.24, 2.45) is 4.99 Å². The minimum absolute atomic E-state index is 0. The maximum atomic E-state index is 5.41. The Morgan fingerprint density at radius 2 is 1.90 bits per heavy atom. The first-order chi connectivity index (χ1) is 8.95. The van der Waals surface area contributed by atoms with Crippen molar-refractivity contribution >= 4 is 29.9 Å². The summed E-state index contributed by atoms with van der Waals surface area (Å²) in [5.74, 6) is 0.902. The molecule has 1 aliphatic rings. The molecule has 0 saturated carbocycles. The Balaban J connectivity index is 0.00000361. The molecule has 0 amide bonds. The largest absolute Gasteiger partial charge is 0.379 e. The SMILES string of the molecule is CCNC(=NCC(C)(C)N1CCOCC1)NC(C)C.I. The maximum Gasteiger partial charge on any atom is 0.191 e. The van der Waals surface area contributed by atoms with Gasteiger partial charge in [-0.3, -0.25) is 9.89 Å². The van der Waals surface area contributed by atoms with E-state index in [2.05, 4.69) is 50.2 Å². The van der Waals surface area contributed by atoms with Gasteiger partial charge in [0, 0.05) is 31.2 Å². The number of nitrogens with one attached hydrogen (secondary N) is 2. The molecule has 0 bridgehead atoms. The highest BCUT2D eigenvalue weighted by Crippen LogP contribution is 2.16. The highest BCUT2D eigenvalue weighted by atomic mass is 127. The van der Waals surface area contributed by atoms with E-state index in [1.54, 1.807) is 0 Å². The van der Waals surface area contributed by atoms with E-state index in [-0.39, 0.29) is 29.5 Å². The second-order valence-corrected chi connectivity index (χ2v) is 5.91. The molecule has 0 radical (unpaired) electrons. The highest BCUT2D eigenvalue weighted by molar-refractivity contribution is 14.0. The van der Waals surface area contributed by atoms with Crippen LogP contribution in [0, 0.1) is 0 Å². The Morgan fingerprint density at radius 3 is 2.40 bits per heavy atom. The van der Waals surface area contributed by atoms with Crippen molar-refractivity contribution in [3.05, 3.63) is 0 Å². The third-order valence-corrected chi connectivity index (χ3v) is 3.26. The summed E-state index contributed by atoms with van der Waals surface area (Å²) in [6.07, 6.45) is 0. The Labute approximate surface area is 140 Å². The third-order valence-electron chi connectivity index (χ3n) is 3.26. The Morgan fingerprint density at radius 1 is 1.30 bits per heavy atom. The molecule has 5 nitrogen and oxygen atoms in total. The molecule has 6 heteroatoms. The zero-order valence-electron chi connectivity index (χ0n) is 13.5. The van der Waals surface area contributed by atoms with E-state index < -0.39 is 0 Å². The van der Waals surface area contributed by atoms with Gasteiger partial charge in [0.25, 0.3) is 0 Å². The van der Waals surface area contributed by atoms with E-state index in [1.807, 2.05) is 0 Å². The van der Waals surface area contributed by atoms with Crippen LogP contribution in [0.1, 0.15) is 34.6 Å². The minimum Gasteiger partial charge on any atom is -0.379 e. The van der Waals surface area contributed by atoms with Gasteiger partial charge >= 0.3 is 0 Å². The number of rotatable bonds is 5. The van der Waals surface area contributed by atoms with Crippen LogP contribution in [0.4, 0.5) is 0 Å². The topological polar surface area (TPSA) is 48.9 Å². The summed E-state index contributed by atoms with van der Waals surface area (Å²) < 4.78 is 5.41. The van der Waals surface area contributed by atoms with E-state index in [1.165, 1.54) is 0 Å². The second-order valence-electron chi connectivity index (χ2n) is 5.91. The number of ether oxygens (including phenoxy) is 1. The van der Waals surface area contributed by atoms with Gasteiger partial charge in [0.05, 0.1) is 19.8 Å². The molecular weight excluding hydrogens is 367 g/mol. The van der Waals surface area contributed by atoms with E-state index in [0.717, 1.165) is 45.4 Å². The molecule has 0 aromatic carbocycles. The van der Waals surface area contributed by atoms with Crippen LogP contribution in [0.5, 0.6) is 0 Å². The van der Waals surface area contributed by atoms with Crippen molar-refractivity contribution in [2.75, 3.05) is 39.4 Å². The molecule has 0 atom stereocenters. The lowest BCUT2D eigenvalue weighted by atomic mass is 10.0. The normalized spacial score (nSPS) is 17.8. The molecule has 0 aliphatic carbocycles. The van der Waals surface area contributed by atoms with E-state index in [4.69, 9.17) is 9.73 Å². The number of aliphatic imine (C=N–C) groups is 1. The number of nitrogens with zero attached hydrogens (tertiary/aromatic N) is 2. The standard InChI is InChI=1S/C14H30N4O.HI/c1-6-15-13(17-12(2)3)16-11-14(4,5)18-7-9-19-10-8-18;/h12H,6-11H2,1-5H3,(H2,15,16,17);1H. The van der Waals surface area contributed by atoms with E-state index >= 15 is 0 Å². The van der Waals surface area contributed by atoms with Crippen LogP contribution < -0.4 is 10.6 Å². The van der Waals surface area contributed by atoms with Crippen molar-refractivity contribution in [1.29, 1.82) is 0 Å². The monoisotopic (exact) mass is 398 g/mol. The van der Waals surface area contributed by atoms with Crippen molar-refractivity contribution < 1.29 is 4.74 Å². The summed E-state index contributed by atoms with van der Waals surface area (Å²) in [4.78, 5) is 7.17. The zero-order valence-corrected chi connectivity index (χ0v) is 15.9. The summed E-state index contributed by atoms with van der Waals surface area (Å²) in [6.45, 7) is 16.2. The summed E-state index contributed by atoms with van der Waals surface area (Å²) in [5, 5.41) is 6.64. The van der Waals surface area contributed by atoms with Gasteiger partial charge in [-0.05, 0) is 34.6 Å². The molecular formula is C14H31IN4O. The third kappa shape index (κ3) is 7.08. The van der Waals surface area contributed by atoms with Crippen LogP contribution in [0.2, 0.25) is 0 Å². The summed E-state index contributed by atoms with van der Waals surface area (Å²) in [5.41, 5.74) is 0.0725. The maximum absolute atomic E-state index is 5.41. The quantitative estimate of drug-likeness (QED) is 0.420. The van der Waals surface area contributed by atoms with Crippen molar-refractivity contribution in [1.82, 2.24) is 15.5 Å². The molecule has 2 N–H and O–H groups in total. The van der Waals surface area contributed by atoms with Crippen LogP contribution in [0.25, 0.3) is 0 Å². The predicted octanol–water partition coefficient (Wildman–Crippen LogP) is 1.68. The number of hydrogen-bond donors (Lipinski definition) is 2. The second kappa shape index (κ2) is 9.78. The van der Waals surface area contributed by atoms with Gasteiger partial charge in [0.1, 0.15) is 0 Å². The summed E-state index contributed by atoms with van der Waals surface area (Å²) >= 11 is 0. The molecule has 20 heavy (non-hydrogen) atoms. The van der Waals surface area contributed by atoms with Crippen LogP contribution in [0.15, 0.2) is 4.99 Å². The fourth-order valence-corrected chi connectivity index (χ4v) is 2.13. The van der Waals surface area contributed by atoms with Crippen LogP contribution in [-0.2, 0) is 4.74 Å². The molecule has 0 aromatic rings. The number of hydrogen-bond acceptors (Lipinski definition) is 3. The van der Waals surface area contributed by atoms with E-state index in [0.29, 0.717) is 6.04 Å². The average Bonchev–Trinajstić information content (AvgIpc) is 2.37. The molecule has 1 aliphatic heterocycles. The van der Waals surface area contributed by atoms with Crippen LogP contribution in [-0.4, -0.2) is 61.8 Å². The molecule has 1 fully saturated rings. The van der Waals surface area contributed by atoms with Crippen molar-refractivity contribution in [2.45, 2.75) is 46.2 Å². The van der Waals surface area contributed by atoms with Crippen LogP contribution in [0.3, 0.4) is 0 Å². The lowest BCUT2D eigenvalue weighted by Gasteiger charge is -2.40. The van der Waals surface area contributed by atoms with Crippen molar-refractivity contribution in [3.8, 4) is 0 Å². The van der Waals surface area contributed by atoms with Gasteiger partial charge in [0.2, 0.25) is 0 Å². The Bertz CT molecular complexity index is 289. The number of guanidine groups is 1. The van der Waals surface area contributed by atoms with Gasteiger partial charge in [0.15, 0.2) is 5.96 Å². The molecule has 120 valence electrons. The Hall–Kier alpha value is -0.0800. The first-order valence-corrected chi connectivity index (χ1v) is 7.33. The van der Waals surface area contributed by atoms with Crippen molar-refractivity contribution in [3.63, 3.8) is 0 Å². The fraction of sp³-hybridized carbons (Fsp3) is 0.929. The Kier molecular flexibility index (Phi) is 9.74. The van der Waals surface area contributed by atoms with Gasteiger partial charge in [-0.25, -0.2) is 0 Å². The van der Waals surface area contributed by atoms with Gasteiger partial charge in [-0.2, -0.15) is 0 Å². The summed E-state index contributed by atoms with van der Waals surface area (Å²) in [7, 11) is 0. The van der Waals surface area contributed by atoms with Gasteiger partial charge < -0.3 is 15.4 Å². The fourth-order valence-electron chi connectivity index (χ4n) is 2.13. The van der Waals surface area contributed by atoms with E-state index in [9.17, 15) is 0 Å². The first-order valence-electron chi connectivity index (χ1n) is 7.33. The molecule has 1 heterocycles. The highest BCUT2D eigenvalue weighted by Gasteiger charge is 2.28. The van der Waals surface area contributed by atoms with Crippen LogP contribution >= 0.6 is 24.0 Å². The number of morpholine rings is 1. The molecule has 1 saturated heterocycles. The minimum atomic E-state index is 0. The predicted molar refractivity (Wildman–Crippen MR) is 96.1 cm³/mol. The summed E-state index contributed by atoms with van der Waals surface area (Å²) in [6, 6.07) is 0.393. The first kappa shape index (κ1) is 19.9. The molecule has 1 rings (SSSR count). The zero-order chi connectivity index (χ0) is 14.3. The van der Waals surface area contributed by atoms with Gasteiger partial charge in [-0.15, -0.1) is 24.0 Å². The smallest absolute Gasteiger partial charge is 0.191 e. The number of halogens is 1. The average molecular weight is 398 g/mol. The molecule has 0 spiro atoms.